The molecule has 0 radical (unpaired) electrons. The van der Waals surface area contributed by atoms with E-state index in [0.29, 0.717) is 11.1 Å². The predicted molar refractivity (Wildman–Crippen MR) is 101 cm³/mol. The van der Waals surface area contributed by atoms with Crippen LogP contribution in [0.4, 0.5) is 0 Å². The third-order valence-corrected chi connectivity index (χ3v) is 5.20. The highest BCUT2D eigenvalue weighted by Gasteiger charge is 2.38. The van der Waals surface area contributed by atoms with Crippen LogP contribution in [0.2, 0.25) is 0 Å². The van der Waals surface area contributed by atoms with Crippen molar-refractivity contribution in [3.63, 3.8) is 0 Å². The lowest BCUT2D eigenvalue weighted by Gasteiger charge is -2.12. The van der Waals surface area contributed by atoms with E-state index in [1.165, 1.54) is 4.90 Å². The Morgan fingerprint density at radius 2 is 1.67 bits per heavy atom. The van der Waals surface area contributed by atoms with Crippen molar-refractivity contribution in [2.24, 2.45) is 0 Å². The minimum atomic E-state index is -0.233. The molecule has 0 aliphatic carbocycles. The van der Waals surface area contributed by atoms with Crippen LogP contribution in [0.15, 0.2) is 42.5 Å². The van der Waals surface area contributed by atoms with E-state index in [9.17, 15) is 9.59 Å². The van der Waals surface area contributed by atoms with Crippen LogP contribution in [0.25, 0.3) is 11.0 Å². The quantitative estimate of drug-likeness (QED) is 0.517. The number of hydrogen-bond acceptors (Lipinski definition) is 3. The predicted octanol–water partition coefficient (Wildman–Crippen LogP) is 2.77. The Morgan fingerprint density at radius 3 is 2.22 bits per heavy atom. The Hall–Kier alpha value is -3.15. The van der Waals surface area contributed by atoms with Crippen molar-refractivity contribution in [3.8, 4) is 5.75 Å². The first-order valence-corrected chi connectivity index (χ1v) is 9.14. The molecular weight excluding hydrogens is 342 g/mol. The van der Waals surface area contributed by atoms with E-state index in [-0.39, 0.29) is 18.4 Å². The summed E-state index contributed by atoms with van der Waals surface area (Å²) in [5, 5.41) is 0. The van der Waals surface area contributed by atoms with Gasteiger partial charge in [0.25, 0.3) is 17.6 Å². The fraction of sp³-hybridized carbons (Fsp3) is 0.286. The van der Waals surface area contributed by atoms with Gasteiger partial charge in [-0.25, -0.2) is 9.13 Å². The summed E-state index contributed by atoms with van der Waals surface area (Å²) in [4.78, 5) is 26.9. The van der Waals surface area contributed by atoms with Gasteiger partial charge in [0.15, 0.2) is 11.0 Å². The van der Waals surface area contributed by atoms with Gasteiger partial charge in [-0.3, -0.25) is 14.5 Å². The first-order chi connectivity index (χ1) is 13.1. The molecule has 138 valence electrons. The van der Waals surface area contributed by atoms with E-state index in [1.54, 1.807) is 31.4 Å². The molecule has 4 rings (SSSR count). The van der Waals surface area contributed by atoms with Gasteiger partial charge < -0.3 is 4.74 Å². The van der Waals surface area contributed by atoms with Gasteiger partial charge in [0.2, 0.25) is 0 Å². The van der Waals surface area contributed by atoms with Gasteiger partial charge in [-0.1, -0.05) is 12.1 Å². The van der Waals surface area contributed by atoms with E-state index in [2.05, 4.69) is 23.0 Å². The molecule has 6 heteroatoms. The van der Waals surface area contributed by atoms with Crippen molar-refractivity contribution >= 4 is 22.8 Å². The number of nitrogens with zero attached hydrogens (tertiary/aromatic N) is 3. The monoisotopic (exact) mass is 364 g/mol. The van der Waals surface area contributed by atoms with Gasteiger partial charge in [-0.2, -0.15) is 0 Å². The van der Waals surface area contributed by atoms with Crippen molar-refractivity contribution in [3.05, 3.63) is 59.4 Å². The summed E-state index contributed by atoms with van der Waals surface area (Å²) in [5.74, 6) is 1.25. The number of benzene rings is 2. The summed E-state index contributed by atoms with van der Waals surface area (Å²) in [6.07, 6.45) is 0. The van der Waals surface area contributed by atoms with Gasteiger partial charge in [0.05, 0.1) is 31.3 Å². The maximum absolute atomic E-state index is 12.8. The number of methoxy groups -OCH3 is 1. The highest BCUT2D eigenvalue weighted by Crippen LogP contribution is 2.26. The normalized spacial score (nSPS) is 13.5. The van der Waals surface area contributed by atoms with E-state index < -0.39 is 0 Å². The molecule has 0 N–H and O–H groups in total. The van der Waals surface area contributed by atoms with Crippen molar-refractivity contribution in [2.75, 3.05) is 7.11 Å². The highest BCUT2D eigenvalue weighted by molar-refractivity contribution is 6.21. The van der Waals surface area contributed by atoms with Crippen LogP contribution in [0.1, 0.15) is 40.4 Å². The second-order valence-electron chi connectivity index (χ2n) is 6.50. The number of imidazole rings is 1. The molecule has 3 aromatic rings. The number of hydrogen-bond donors (Lipinski definition) is 0. The largest absolute Gasteiger partial charge is 0.497 e. The average Bonchev–Trinajstić information content (AvgIpc) is 3.14. The van der Waals surface area contributed by atoms with Gasteiger partial charge in [0, 0.05) is 6.07 Å². The molecule has 0 spiro atoms. The minimum Gasteiger partial charge on any atom is -0.497 e. The number of fused-ring (bicyclic) bond motifs is 2. The van der Waals surface area contributed by atoms with Crippen molar-refractivity contribution < 1.29 is 18.9 Å². The summed E-state index contributed by atoms with van der Waals surface area (Å²) in [6.45, 7) is 5.84. The highest BCUT2D eigenvalue weighted by atomic mass is 16.5. The molecule has 2 heterocycles. The van der Waals surface area contributed by atoms with E-state index in [0.717, 1.165) is 35.7 Å². The maximum atomic E-state index is 12.8. The number of amides is 2. The molecule has 0 atom stereocenters. The number of ether oxygens (including phenoxy) is 1. The topological polar surface area (TPSA) is 55.4 Å². The molecule has 0 saturated carbocycles. The summed E-state index contributed by atoms with van der Waals surface area (Å²) in [5.41, 5.74) is 3.05. The Balaban J connectivity index is 1.83. The Morgan fingerprint density at radius 1 is 1.00 bits per heavy atom. The smallest absolute Gasteiger partial charge is 0.277 e. The molecule has 2 amide bonds. The van der Waals surface area contributed by atoms with Gasteiger partial charge in [-0.05, 0) is 38.1 Å². The molecule has 6 nitrogen and oxygen atoms in total. The SMILES string of the molecule is CCn1c(CN2C(=O)c3ccccc3C2=O)[n+](CC)c2ccc(OC)cc21. The minimum absolute atomic E-state index is 0.233. The van der Waals surface area contributed by atoms with Crippen LogP contribution >= 0.6 is 0 Å². The molecule has 27 heavy (non-hydrogen) atoms. The molecule has 1 aliphatic heterocycles. The fourth-order valence-electron chi connectivity index (χ4n) is 3.90. The lowest BCUT2D eigenvalue weighted by molar-refractivity contribution is -0.677. The number of rotatable bonds is 5. The number of carbonyl (C=O) groups excluding carboxylic acids is 2. The summed E-state index contributed by atoms with van der Waals surface area (Å²) >= 11 is 0. The van der Waals surface area contributed by atoms with Crippen molar-refractivity contribution in [1.82, 2.24) is 9.47 Å². The fourth-order valence-corrected chi connectivity index (χ4v) is 3.90. The first-order valence-electron chi connectivity index (χ1n) is 9.14. The number of imide groups is 1. The number of aryl methyl sites for hydroxylation is 2. The summed E-state index contributed by atoms with van der Waals surface area (Å²) in [6, 6.07) is 12.9. The second kappa shape index (κ2) is 6.54. The van der Waals surface area contributed by atoms with Crippen LogP contribution in [-0.2, 0) is 19.6 Å². The first kappa shape index (κ1) is 17.3. The zero-order valence-corrected chi connectivity index (χ0v) is 15.7. The summed E-state index contributed by atoms with van der Waals surface area (Å²) < 4.78 is 9.67. The molecule has 1 aromatic heterocycles. The van der Waals surface area contributed by atoms with Crippen LogP contribution in [0, 0.1) is 0 Å². The standard InChI is InChI=1S/C21H22N3O3/c1-4-22-17-11-10-14(27-3)12-18(17)23(5-2)19(22)13-24-20(25)15-8-6-7-9-16(15)21(24)26/h6-12H,4-5,13H2,1-3H3/q+1. The lowest BCUT2D eigenvalue weighted by Crippen LogP contribution is -2.41. The third-order valence-electron chi connectivity index (χ3n) is 5.20. The molecule has 1 aliphatic rings. The van der Waals surface area contributed by atoms with E-state index in [4.69, 9.17) is 4.74 Å². The van der Waals surface area contributed by atoms with Crippen LogP contribution in [0.3, 0.4) is 0 Å². The van der Waals surface area contributed by atoms with Crippen molar-refractivity contribution in [2.45, 2.75) is 33.5 Å². The van der Waals surface area contributed by atoms with Crippen LogP contribution in [-0.4, -0.2) is 28.4 Å². The van der Waals surface area contributed by atoms with Gasteiger partial charge in [0.1, 0.15) is 12.3 Å². The second-order valence-corrected chi connectivity index (χ2v) is 6.50. The zero-order valence-electron chi connectivity index (χ0n) is 15.7. The Bertz CT molecular complexity index is 1030. The lowest BCUT2D eigenvalue weighted by atomic mass is 10.1. The molecule has 0 bridgehead atoms. The molecule has 0 saturated heterocycles. The molecule has 0 fully saturated rings. The van der Waals surface area contributed by atoms with Crippen LogP contribution < -0.4 is 9.30 Å². The van der Waals surface area contributed by atoms with E-state index in [1.807, 2.05) is 18.2 Å². The average molecular weight is 364 g/mol. The molecule has 2 aromatic carbocycles. The number of carbonyl (C=O) groups is 2. The van der Waals surface area contributed by atoms with E-state index >= 15 is 0 Å². The third kappa shape index (κ3) is 2.51. The zero-order chi connectivity index (χ0) is 19.1. The maximum Gasteiger partial charge on any atom is 0.277 e. The van der Waals surface area contributed by atoms with Crippen molar-refractivity contribution in [1.29, 1.82) is 0 Å². The molecule has 0 unspecified atom stereocenters. The van der Waals surface area contributed by atoms with Gasteiger partial charge >= 0.3 is 0 Å². The Labute approximate surface area is 157 Å². The van der Waals surface area contributed by atoms with Crippen LogP contribution in [0.5, 0.6) is 5.75 Å². The van der Waals surface area contributed by atoms with Gasteiger partial charge in [-0.15, -0.1) is 0 Å². The summed E-state index contributed by atoms with van der Waals surface area (Å²) in [7, 11) is 1.65. The Kier molecular flexibility index (Phi) is 4.18. The number of aromatic nitrogens is 2. The molecular formula is C21H22N3O3+.